The molecule has 2 aromatic rings. The Morgan fingerprint density at radius 3 is 1.97 bits per heavy atom. The number of nitrogens with zero attached hydrogens (tertiary/aromatic N) is 1. The summed E-state index contributed by atoms with van der Waals surface area (Å²) in [7, 11) is 0. The van der Waals surface area contributed by atoms with Crippen LogP contribution in [0.1, 0.15) is 78.0 Å². The molecule has 1 atom stereocenters. The summed E-state index contributed by atoms with van der Waals surface area (Å²) in [5.41, 5.74) is 3.20. The fourth-order valence-electron chi connectivity index (χ4n) is 3.72. The second-order valence-electron chi connectivity index (χ2n) is 10.6. The highest BCUT2D eigenvalue weighted by atomic mass is 16.2. The highest BCUT2D eigenvalue weighted by Crippen LogP contribution is 2.23. The zero-order valence-electron chi connectivity index (χ0n) is 20.9. The molecule has 1 N–H and O–H groups in total. The van der Waals surface area contributed by atoms with Crippen LogP contribution in [0.15, 0.2) is 54.6 Å². The Morgan fingerprint density at radius 2 is 1.47 bits per heavy atom. The molecule has 2 aromatic carbocycles. The third-order valence-electron chi connectivity index (χ3n) is 5.53. The minimum Gasteiger partial charge on any atom is -0.350 e. The van der Waals surface area contributed by atoms with E-state index in [1.54, 1.807) is 4.90 Å². The first-order chi connectivity index (χ1) is 14.9. The maximum atomic E-state index is 13.4. The van der Waals surface area contributed by atoms with Gasteiger partial charge in [0.25, 0.3) is 0 Å². The third-order valence-corrected chi connectivity index (χ3v) is 5.53. The summed E-state index contributed by atoms with van der Waals surface area (Å²) in [6, 6.07) is 17.9. The monoisotopic (exact) mass is 436 g/mol. The zero-order valence-corrected chi connectivity index (χ0v) is 20.9. The van der Waals surface area contributed by atoms with Gasteiger partial charge in [-0.1, -0.05) is 82.3 Å². The predicted molar refractivity (Wildman–Crippen MR) is 132 cm³/mol. The molecule has 0 heterocycles. The maximum Gasteiger partial charge on any atom is 0.243 e. The Morgan fingerprint density at radius 1 is 0.875 bits per heavy atom. The van der Waals surface area contributed by atoms with Crippen molar-refractivity contribution in [2.75, 3.05) is 0 Å². The molecule has 1 unspecified atom stereocenters. The molecule has 2 amide bonds. The van der Waals surface area contributed by atoms with E-state index in [0.29, 0.717) is 25.8 Å². The van der Waals surface area contributed by atoms with Crippen LogP contribution in [0, 0.1) is 0 Å². The molecule has 0 aliphatic rings. The standard InChI is InChI=1S/C28H40N2O2/c1-8-24(26(32)29-28(5,6)7)30(20-22-12-10-9-11-13-22)25(31)19-16-21-14-17-23(18-15-21)27(2,3)4/h9-15,17-18,24H,8,16,19-20H2,1-7H3,(H,29,32). The SMILES string of the molecule is CCC(C(=O)NC(C)(C)C)N(Cc1ccccc1)C(=O)CCc1ccc(C(C)(C)C)cc1. The smallest absolute Gasteiger partial charge is 0.243 e. The van der Waals surface area contributed by atoms with E-state index in [9.17, 15) is 9.59 Å². The van der Waals surface area contributed by atoms with E-state index in [2.05, 4.69) is 50.4 Å². The molecule has 0 saturated carbocycles. The van der Waals surface area contributed by atoms with Crippen LogP contribution in [0.2, 0.25) is 0 Å². The molecule has 0 aromatic heterocycles. The van der Waals surface area contributed by atoms with Crippen molar-refractivity contribution in [2.45, 2.75) is 91.3 Å². The second kappa shape index (κ2) is 10.8. The molecule has 0 bridgehead atoms. The normalized spacial score (nSPS) is 12.8. The molecular weight excluding hydrogens is 396 g/mol. The fourth-order valence-corrected chi connectivity index (χ4v) is 3.72. The number of carbonyl (C=O) groups excluding carboxylic acids is 2. The van der Waals surface area contributed by atoms with Gasteiger partial charge in [-0.2, -0.15) is 0 Å². The lowest BCUT2D eigenvalue weighted by Gasteiger charge is -2.33. The molecule has 0 aliphatic heterocycles. The van der Waals surface area contributed by atoms with Crippen LogP contribution >= 0.6 is 0 Å². The molecule has 0 aliphatic carbocycles. The summed E-state index contributed by atoms with van der Waals surface area (Å²) in [6.07, 6.45) is 1.60. The molecule has 0 radical (unpaired) electrons. The third kappa shape index (κ3) is 7.81. The predicted octanol–water partition coefficient (Wildman–Crippen LogP) is 5.64. The Labute approximate surface area is 194 Å². The van der Waals surface area contributed by atoms with Gasteiger partial charge in [-0.15, -0.1) is 0 Å². The minimum absolute atomic E-state index is 0.00431. The summed E-state index contributed by atoms with van der Waals surface area (Å²) >= 11 is 0. The lowest BCUT2D eigenvalue weighted by Crippen LogP contribution is -2.53. The number of benzene rings is 2. The van der Waals surface area contributed by atoms with Crippen molar-refractivity contribution in [1.29, 1.82) is 0 Å². The van der Waals surface area contributed by atoms with Crippen molar-refractivity contribution in [3.8, 4) is 0 Å². The van der Waals surface area contributed by atoms with E-state index in [1.807, 2.05) is 58.0 Å². The summed E-state index contributed by atoms with van der Waals surface area (Å²) in [5.74, 6) is -0.0940. The van der Waals surface area contributed by atoms with Crippen molar-refractivity contribution in [3.63, 3.8) is 0 Å². The van der Waals surface area contributed by atoms with Gasteiger partial charge in [0.1, 0.15) is 6.04 Å². The Hall–Kier alpha value is -2.62. The number of nitrogens with one attached hydrogen (secondary N) is 1. The molecular formula is C28H40N2O2. The van der Waals surface area contributed by atoms with Crippen LogP contribution < -0.4 is 5.32 Å². The molecule has 4 heteroatoms. The average Bonchev–Trinajstić information content (AvgIpc) is 2.71. The van der Waals surface area contributed by atoms with Crippen molar-refractivity contribution < 1.29 is 9.59 Å². The van der Waals surface area contributed by atoms with Gasteiger partial charge in [-0.05, 0) is 55.7 Å². The lowest BCUT2D eigenvalue weighted by atomic mass is 9.86. The zero-order chi connectivity index (χ0) is 23.9. The summed E-state index contributed by atoms with van der Waals surface area (Å²) in [5, 5.41) is 3.05. The fraction of sp³-hybridized carbons (Fsp3) is 0.500. The van der Waals surface area contributed by atoms with Crippen LogP contribution in [0.25, 0.3) is 0 Å². The van der Waals surface area contributed by atoms with Gasteiger partial charge in [0.15, 0.2) is 0 Å². The van der Waals surface area contributed by atoms with E-state index in [1.165, 1.54) is 5.56 Å². The van der Waals surface area contributed by atoms with Gasteiger partial charge in [0.05, 0.1) is 0 Å². The van der Waals surface area contributed by atoms with E-state index in [0.717, 1.165) is 11.1 Å². The van der Waals surface area contributed by atoms with E-state index < -0.39 is 6.04 Å². The number of aryl methyl sites for hydroxylation is 1. The van der Waals surface area contributed by atoms with E-state index in [-0.39, 0.29) is 22.8 Å². The highest BCUT2D eigenvalue weighted by molar-refractivity contribution is 5.88. The first kappa shape index (κ1) is 25.6. The Kier molecular flexibility index (Phi) is 8.65. The number of amides is 2. The van der Waals surface area contributed by atoms with Crippen molar-refractivity contribution in [3.05, 3.63) is 71.3 Å². The highest BCUT2D eigenvalue weighted by Gasteiger charge is 2.30. The Bertz CT molecular complexity index is 874. The van der Waals surface area contributed by atoms with Gasteiger partial charge in [-0.3, -0.25) is 9.59 Å². The van der Waals surface area contributed by atoms with Crippen LogP contribution in [0.3, 0.4) is 0 Å². The molecule has 4 nitrogen and oxygen atoms in total. The molecule has 2 rings (SSSR count). The lowest BCUT2D eigenvalue weighted by molar-refractivity contribution is -0.142. The van der Waals surface area contributed by atoms with Crippen LogP contribution in [-0.4, -0.2) is 28.3 Å². The molecule has 0 saturated heterocycles. The average molecular weight is 437 g/mol. The van der Waals surface area contributed by atoms with Crippen molar-refractivity contribution in [2.24, 2.45) is 0 Å². The van der Waals surface area contributed by atoms with Gasteiger partial charge in [0.2, 0.25) is 11.8 Å². The Balaban J connectivity index is 2.18. The van der Waals surface area contributed by atoms with Crippen LogP contribution in [0.4, 0.5) is 0 Å². The summed E-state index contributed by atoms with van der Waals surface area (Å²) in [6.45, 7) is 14.9. The van der Waals surface area contributed by atoms with Crippen LogP contribution in [0.5, 0.6) is 0 Å². The number of hydrogen-bond acceptors (Lipinski definition) is 2. The first-order valence-corrected chi connectivity index (χ1v) is 11.7. The number of carbonyl (C=O) groups is 2. The van der Waals surface area contributed by atoms with Gasteiger partial charge in [-0.25, -0.2) is 0 Å². The van der Waals surface area contributed by atoms with E-state index in [4.69, 9.17) is 0 Å². The minimum atomic E-state index is -0.495. The topological polar surface area (TPSA) is 49.4 Å². The summed E-state index contributed by atoms with van der Waals surface area (Å²) < 4.78 is 0. The first-order valence-electron chi connectivity index (χ1n) is 11.7. The molecule has 0 fully saturated rings. The largest absolute Gasteiger partial charge is 0.350 e. The molecule has 174 valence electrons. The van der Waals surface area contributed by atoms with Gasteiger partial charge >= 0.3 is 0 Å². The summed E-state index contributed by atoms with van der Waals surface area (Å²) in [4.78, 5) is 28.1. The second-order valence-corrected chi connectivity index (χ2v) is 10.6. The van der Waals surface area contributed by atoms with E-state index >= 15 is 0 Å². The quantitative estimate of drug-likeness (QED) is 0.582. The maximum absolute atomic E-state index is 13.4. The van der Waals surface area contributed by atoms with Crippen LogP contribution in [-0.2, 0) is 28.0 Å². The molecule has 0 spiro atoms. The molecule has 32 heavy (non-hydrogen) atoms. The van der Waals surface area contributed by atoms with Gasteiger partial charge < -0.3 is 10.2 Å². The van der Waals surface area contributed by atoms with Crippen molar-refractivity contribution in [1.82, 2.24) is 10.2 Å². The number of hydrogen-bond donors (Lipinski definition) is 1. The van der Waals surface area contributed by atoms with Gasteiger partial charge in [0, 0.05) is 18.5 Å². The van der Waals surface area contributed by atoms with Crippen molar-refractivity contribution >= 4 is 11.8 Å². The number of rotatable bonds is 8.